The highest BCUT2D eigenvalue weighted by Crippen LogP contribution is 2.42. The van der Waals surface area contributed by atoms with Gasteiger partial charge in [0.05, 0.1) is 10.9 Å². The number of fused-ring (bicyclic) bond motifs is 5. The third-order valence-corrected chi connectivity index (χ3v) is 9.61. The van der Waals surface area contributed by atoms with Crippen LogP contribution in [-0.4, -0.2) is 81.5 Å². The molecule has 8 nitrogen and oxygen atoms in total. The molecule has 4 atom stereocenters. The fraction of sp³-hybridized carbons (Fsp3) is 0.452. The van der Waals surface area contributed by atoms with Gasteiger partial charge in [0.15, 0.2) is 17.4 Å². The van der Waals surface area contributed by atoms with Crippen LogP contribution < -0.4 is 15.0 Å². The van der Waals surface area contributed by atoms with Gasteiger partial charge in [-0.15, -0.1) is 0 Å². The van der Waals surface area contributed by atoms with Gasteiger partial charge in [0, 0.05) is 55.3 Å². The van der Waals surface area contributed by atoms with Gasteiger partial charge in [-0.3, -0.25) is 9.88 Å². The fourth-order valence-corrected chi connectivity index (χ4v) is 7.65. The summed E-state index contributed by atoms with van der Waals surface area (Å²) in [6.45, 7) is 2.88. The monoisotopic (exact) mass is 576 g/mol. The molecule has 4 aliphatic rings. The second-order valence-corrected chi connectivity index (χ2v) is 12.2. The van der Waals surface area contributed by atoms with Crippen LogP contribution in [0.1, 0.15) is 32.1 Å². The number of anilines is 1. The highest BCUT2D eigenvalue weighted by atomic mass is 19.1. The molecule has 6 heterocycles. The molecule has 4 fully saturated rings. The minimum absolute atomic E-state index is 0.0364. The first-order valence-corrected chi connectivity index (χ1v) is 14.7. The van der Waals surface area contributed by atoms with Crippen molar-refractivity contribution in [2.24, 2.45) is 0 Å². The Balaban J connectivity index is 1.25. The average Bonchev–Trinajstić information content (AvgIpc) is 3.64. The van der Waals surface area contributed by atoms with Crippen molar-refractivity contribution >= 4 is 27.5 Å². The number of hydrogen-bond donors (Lipinski definition) is 2. The van der Waals surface area contributed by atoms with Crippen LogP contribution in [0, 0.1) is 11.6 Å². The van der Waals surface area contributed by atoms with Crippen LogP contribution in [-0.2, 0) is 0 Å². The number of alkyl halides is 1. The summed E-state index contributed by atoms with van der Waals surface area (Å²) >= 11 is 0. The lowest BCUT2D eigenvalue weighted by atomic mass is 9.95. The third kappa shape index (κ3) is 4.08. The number of benzene rings is 2. The minimum atomic E-state index is -0.897. The first kappa shape index (κ1) is 26.0. The zero-order chi connectivity index (χ0) is 28.6. The van der Waals surface area contributed by atoms with Crippen molar-refractivity contribution in [2.45, 2.75) is 55.9 Å². The third-order valence-electron chi connectivity index (χ3n) is 9.61. The van der Waals surface area contributed by atoms with Crippen molar-refractivity contribution in [3.8, 4) is 23.0 Å². The Hall–Kier alpha value is -3.70. The van der Waals surface area contributed by atoms with E-state index in [0.717, 1.165) is 32.2 Å². The van der Waals surface area contributed by atoms with Crippen molar-refractivity contribution < 1.29 is 23.0 Å². The Morgan fingerprint density at radius 1 is 1.02 bits per heavy atom. The van der Waals surface area contributed by atoms with Crippen molar-refractivity contribution in [1.82, 2.24) is 25.2 Å². The van der Waals surface area contributed by atoms with E-state index in [9.17, 15) is 13.9 Å². The summed E-state index contributed by atoms with van der Waals surface area (Å²) in [7, 11) is 0. The number of aromatic hydroxyl groups is 1. The molecular formula is C31H31F3N6O2. The Morgan fingerprint density at radius 3 is 2.62 bits per heavy atom. The van der Waals surface area contributed by atoms with Crippen LogP contribution in [0.25, 0.3) is 32.9 Å². The van der Waals surface area contributed by atoms with Crippen molar-refractivity contribution in [3.05, 3.63) is 48.2 Å². The summed E-state index contributed by atoms with van der Waals surface area (Å²) in [6.07, 6.45) is 4.99. The Labute approximate surface area is 240 Å². The lowest BCUT2D eigenvalue weighted by Crippen LogP contribution is -2.51. The van der Waals surface area contributed by atoms with Crippen LogP contribution in [0.5, 0.6) is 11.8 Å². The number of nitrogens with one attached hydrogen (secondary N) is 1. The maximum absolute atomic E-state index is 16.5. The molecular weight excluding hydrogens is 545 g/mol. The molecule has 2 aromatic heterocycles. The van der Waals surface area contributed by atoms with Crippen LogP contribution >= 0.6 is 0 Å². The van der Waals surface area contributed by atoms with Crippen molar-refractivity contribution in [2.75, 3.05) is 37.7 Å². The number of pyridine rings is 1. The number of ether oxygens (including phenoxy) is 1. The molecule has 218 valence electrons. The molecule has 0 spiro atoms. The Morgan fingerprint density at radius 2 is 1.81 bits per heavy atom. The van der Waals surface area contributed by atoms with E-state index in [-0.39, 0.29) is 34.8 Å². The van der Waals surface area contributed by atoms with Gasteiger partial charge >= 0.3 is 6.01 Å². The molecule has 4 aliphatic heterocycles. The molecule has 0 amide bonds. The van der Waals surface area contributed by atoms with E-state index >= 15 is 4.39 Å². The van der Waals surface area contributed by atoms with Gasteiger partial charge in [0.2, 0.25) is 0 Å². The average molecular weight is 577 g/mol. The quantitative estimate of drug-likeness (QED) is 0.353. The van der Waals surface area contributed by atoms with Crippen molar-refractivity contribution in [3.63, 3.8) is 0 Å². The van der Waals surface area contributed by atoms with Crippen LogP contribution in [0.2, 0.25) is 0 Å². The number of halogens is 3. The zero-order valence-corrected chi connectivity index (χ0v) is 23.0. The molecule has 2 bridgehead atoms. The molecule has 2 aromatic carbocycles. The van der Waals surface area contributed by atoms with Crippen LogP contribution in [0.4, 0.5) is 19.0 Å². The number of aromatic nitrogens is 3. The van der Waals surface area contributed by atoms with E-state index < -0.39 is 29.1 Å². The fourth-order valence-electron chi connectivity index (χ4n) is 7.65. The maximum atomic E-state index is 16.5. The van der Waals surface area contributed by atoms with E-state index in [1.165, 1.54) is 12.1 Å². The van der Waals surface area contributed by atoms with E-state index in [0.29, 0.717) is 54.7 Å². The van der Waals surface area contributed by atoms with Crippen LogP contribution in [0.3, 0.4) is 0 Å². The van der Waals surface area contributed by atoms with Gasteiger partial charge in [0.25, 0.3) is 0 Å². The molecule has 11 heteroatoms. The Bertz CT molecular complexity index is 1710. The molecule has 4 aromatic rings. The summed E-state index contributed by atoms with van der Waals surface area (Å²) in [5.41, 5.74) is -0.165. The maximum Gasteiger partial charge on any atom is 0.319 e. The minimum Gasteiger partial charge on any atom is -0.505 e. The molecule has 0 aliphatic carbocycles. The van der Waals surface area contributed by atoms with Gasteiger partial charge in [0.1, 0.15) is 29.8 Å². The molecule has 8 rings (SSSR count). The molecule has 42 heavy (non-hydrogen) atoms. The molecule has 4 saturated heterocycles. The van der Waals surface area contributed by atoms with Gasteiger partial charge in [-0.2, -0.15) is 9.97 Å². The highest BCUT2D eigenvalue weighted by Gasteiger charge is 2.49. The van der Waals surface area contributed by atoms with E-state index in [1.54, 1.807) is 24.4 Å². The Kier molecular flexibility index (Phi) is 5.98. The summed E-state index contributed by atoms with van der Waals surface area (Å²) < 4.78 is 51.9. The first-order valence-electron chi connectivity index (χ1n) is 14.7. The van der Waals surface area contributed by atoms with Gasteiger partial charge in [-0.25, -0.2) is 13.2 Å². The predicted octanol–water partition coefficient (Wildman–Crippen LogP) is 4.72. The molecule has 0 unspecified atom stereocenters. The summed E-state index contributed by atoms with van der Waals surface area (Å²) in [5.74, 6) is -1.52. The number of phenolic OH excluding ortho intramolecular Hbond substituents is 1. The van der Waals surface area contributed by atoms with Gasteiger partial charge in [-0.1, -0.05) is 24.3 Å². The van der Waals surface area contributed by atoms with Gasteiger partial charge < -0.3 is 20.1 Å². The van der Waals surface area contributed by atoms with E-state index in [1.807, 2.05) is 0 Å². The summed E-state index contributed by atoms with van der Waals surface area (Å²) in [5, 5.41) is 15.0. The van der Waals surface area contributed by atoms with E-state index in [2.05, 4.69) is 25.1 Å². The summed E-state index contributed by atoms with van der Waals surface area (Å²) in [4.78, 5) is 18.1. The van der Waals surface area contributed by atoms with Crippen LogP contribution in [0.15, 0.2) is 36.5 Å². The molecule has 2 N–H and O–H groups in total. The van der Waals surface area contributed by atoms with Gasteiger partial charge in [-0.05, 0) is 43.7 Å². The number of piperazine rings is 1. The SMILES string of the molecule is Oc1cc(-c2ncc3c(N4C[C@H]5CC[C@@H](C4)N5)nc(OC[C@@]45CCCN4C[C@H](F)C5)nc3c2F)c2ccccc2c1F. The largest absolute Gasteiger partial charge is 0.505 e. The summed E-state index contributed by atoms with van der Waals surface area (Å²) in [6, 6.07) is 8.45. The number of phenols is 1. The van der Waals surface area contributed by atoms with E-state index in [4.69, 9.17) is 9.72 Å². The normalized spacial score (nSPS) is 27.3. The number of nitrogens with zero attached hydrogens (tertiary/aromatic N) is 5. The second kappa shape index (κ2) is 9.67. The second-order valence-electron chi connectivity index (χ2n) is 12.2. The molecule has 0 radical (unpaired) electrons. The first-order chi connectivity index (χ1) is 20.4. The number of rotatable bonds is 5. The van der Waals surface area contributed by atoms with Crippen molar-refractivity contribution in [1.29, 1.82) is 0 Å². The number of hydrogen-bond acceptors (Lipinski definition) is 8. The predicted molar refractivity (Wildman–Crippen MR) is 153 cm³/mol. The topological polar surface area (TPSA) is 86.6 Å². The lowest BCUT2D eigenvalue weighted by molar-refractivity contribution is 0.107. The smallest absolute Gasteiger partial charge is 0.319 e. The molecule has 0 saturated carbocycles. The zero-order valence-electron chi connectivity index (χ0n) is 23.0. The lowest BCUT2D eigenvalue weighted by Gasteiger charge is -2.34. The highest BCUT2D eigenvalue weighted by molar-refractivity contribution is 6.00. The standard InChI is InChI=1S/C31H31F3N6O2/c32-17-11-31(8-3-9-40(31)13-17)16-42-30-37-28-23(29(38-30)39-14-18-6-7-19(15-39)36-18)12-35-27(26(28)34)22-10-24(41)25(33)21-5-2-1-4-20(21)22/h1-2,4-5,10,12,17-19,36,41H,3,6-9,11,13-16H2/t17-,18-,19+,31+/m1/s1.